The molecule has 0 saturated carbocycles. The standard InChI is InChI=1S/C3H6O2.CH4N2O.Ca.2H/c1-2-3(4)5;2-1(3)4;;;/h2H2,1H3,(H,4,5);(H4,2,3,4);;;. The third kappa shape index (κ3) is 98.0. The summed E-state index contributed by atoms with van der Waals surface area (Å²) in [5, 5.41) is 7.72. The first-order valence-corrected chi connectivity index (χ1v) is 2.27. The van der Waals surface area contributed by atoms with Crippen molar-refractivity contribution in [1.29, 1.82) is 0 Å². The van der Waals surface area contributed by atoms with Crippen LogP contribution in [0.15, 0.2) is 0 Å². The van der Waals surface area contributed by atoms with Gasteiger partial charge in [-0.15, -0.1) is 0 Å². The molecule has 0 aliphatic heterocycles. The maximum absolute atomic E-state index is 9.37. The molecule has 0 spiro atoms. The Bertz CT molecular complexity index is 103. The SMILES string of the molecule is CCC(=O)O.NC(N)=O.[CaH2]. The van der Waals surface area contributed by atoms with E-state index in [1.54, 1.807) is 6.92 Å². The van der Waals surface area contributed by atoms with Gasteiger partial charge in [-0.25, -0.2) is 4.79 Å². The average molecular weight is 176 g/mol. The zero-order valence-electron chi connectivity index (χ0n) is 5.13. The minimum absolute atomic E-state index is 0. The van der Waals surface area contributed by atoms with Crippen LogP contribution in [0.2, 0.25) is 0 Å². The monoisotopic (exact) mass is 176 g/mol. The molecule has 0 unspecified atom stereocenters. The van der Waals surface area contributed by atoms with E-state index >= 15 is 0 Å². The molecule has 0 aromatic heterocycles. The quantitative estimate of drug-likeness (QED) is 0.427. The number of hydrogen-bond donors (Lipinski definition) is 3. The molecule has 0 aliphatic carbocycles. The molecule has 0 aromatic carbocycles. The van der Waals surface area contributed by atoms with Crippen LogP contribution in [-0.2, 0) is 4.79 Å². The Morgan fingerprint density at radius 2 is 1.50 bits per heavy atom. The summed E-state index contributed by atoms with van der Waals surface area (Å²) < 4.78 is 0. The van der Waals surface area contributed by atoms with Crippen LogP contribution >= 0.6 is 0 Å². The fourth-order valence-electron chi connectivity index (χ4n) is 0. The Morgan fingerprint density at radius 1 is 1.40 bits per heavy atom. The Balaban J connectivity index is -0.0000000910. The van der Waals surface area contributed by atoms with Crippen LogP contribution in [0.4, 0.5) is 4.79 Å². The zero-order chi connectivity index (χ0) is 7.86. The molecular weight excluding hydrogens is 164 g/mol. The molecule has 0 radical (unpaired) electrons. The van der Waals surface area contributed by atoms with Crippen molar-refractivity contribution in [3.05, 3.63) is 0 Å². The van der Waals surface area contributed by atoms with Gasteiger partial charge in [0.05, 0.1) is 0 Å². The summed E-state index contributed by atoms with van der Waals surface area (Å²) in [6.07, 6.45) is 0.222. The van der Waals surface area contributed by atoms with Gasteiger partial charge in [-0.3, -0.25) is 4.79 Å². The van der Waals surface area contributed by atoms with Gasteiger partial charge in [-0.05, 0) is 0 Å². The van der Waals surface area contributed by atoms with Gasteiger partial charge >= 0.3 is 49.7 Å². The molecule has 5 nitrogen and oxygen atoms in total. The summed E-state index contributed by atoms with van der Waals surface area (Å²) in [6.45, 7) is 1.60. The Morgan fingerprint density at radius 3 is 1.50 bits per heavy atom. The summed E-state index contributed by atoms with van der Waals surface area (Å²) in [5.41, 5.74) is 8.50. The van der Waals surface area contributed by atoms with Crippen LogP contribution in [0.1, 0.15) is 13.3 Å². The van der Waals surface area contributed by atoms with Crippen LogP contribution in [0, 0.1) is 0 Å². The van der Waals surface area contributed by atoms with Crippen molar-refractivity contribution in [2.75, 3.05) is 0 Å². The second kappa shape index (κ2) is 11.8. The predicted octanol–water partition coefficient (Wildman–Crippen LogP) is -1.41. The molecule has 5 N–H and O–H groups in total. The molecule has 0 saturated heterocycles. The molecule has 0 heterocycles. The first-order valence-electron chi connectivity index (χ1n) is 2.27. The third-order valence-electron chi connectivity index (χ3n) is 0.302. The fraction of sp³-hybridized carbons (Fsp3) is 0.500. The summed E-state index contributed by atoms with van der Waals surface area (Å²) in [5.74, 6) is -0.745. The number of carboxylic acids is 1. The van der Waals surface area contributed by atoms with Crippen molar-refractivity contribution in [1.82, 2.24) is 0 Å². The van der Waals surface area contributed by atoms with E-state index in [4.69, 9.17) is 9.90 Å². The minimum atomic E-state index is -0.833. The topological polar surface area (TPSA) is 106 Å². The summed E-state index contributed by atoms with van der Waals surface area (Å²) in [6, 6.07) is -0.833. The van der Waals surface area contributed by atoms with Gasteiger partial charge in [0.25, 0.3) is 0 Å². The molecule has 0 aliphatic rings. The summed E-state index contributed by atoms with van der Waals surface area (Å²) >= 11 is 0. The van der Waals surface area contributed by atoms with Crippen LogP contribution in [0.25, 0.3) is 0 Å². The van der Waals surface area contributed by atoms with Gasteiger partial charge in [-0.2, -0.15) is 0 Å². The third-order valence-corrected chi connectivity index (χ3v) is 0.302. The zero-order valence-corrected chi connectivity index (χ0v) is 5.13. The van der Waals surface area contributed by atoms with E-state index in [2.05, 4.69) is 11.5 Å². The van der Waals surface area contributed by atoms with E-state index in [9.17, 15) is 4.79 Å². The second-order valence-corrected chi connectivity index (χ2v) is 1.15. The molecule has 0 aromatic rings. The Kier molecular flexibility index (Phi) is 19.4. The van der Waals surface area contributed by atoms with Crippen LogP contribution in [-0.4, -0.2) is 54.8 Å². The van der Waals surface area contributed by atoms with Gasteiger partial charge in [0.2, 0.25) is 0 Å². The normalized spacial score (nSPS) is 6.10. The summed E-state index contributed by atoms with van der Waals surface area (Å²) in [4.78, 5) is 18.4. The van der Waals surface area contributed by atoms with Crippen molar-refractivity contribution in [3.63, 3.8) is 0 Å². The Hall–Kier alpha value is -0.000260. The second-order valence-electron chi connectivity index (χ2n) is 1.15. The fourth-order valence-corrected chi connectivity index (χ4v) is 0. The van der Waals surface area contributed by atoms with Crippen molar-refractivity contribution >= 4 is 49.7 Å². The predicted molar refractivity (Wildman–Crippen MR) is 40.2 cm³/mol. The van der Waals surface area contributed by atoms with Crippen molar-refractivity contribution in [2.45, 2.75) is 13.3 Å². The van der Waals surface area contributed by atoms with E-state index in [1.165, 1.54) is 0 Å². The number of rotatable bonds is 1. The first-order chi connectivity index (χ1) is 4.00. The van der Waals surface area contributed by atoms with E-state index < -0.39 is 12.0 Å². The van der Waals surface area contributed by atoms with Gasteiger partial charge in [-0.1, -0.05) is 6.92 Å². The molecule has 0 atom stereocenters. The van der Waals surface area contributed by atoms with E-state index in [0.29, 0.717) is 0 Å². The maximum atomic E-state index is 9.37. The molecule has 0 fully saturated rings. The van der Waals surface area contributed by atoms with Gasteiger partial charge in [0, 0.05) is 6.42 Å². The van der Waals surface area contributed by atoms with Crippen molar-refractivity contribution in [2.24, 2.45) is 11.5 Å². The average Bonchev–Trinajstić information content (AvgIpc) is 1.65. The van der Waals surface area contributed by atoms with Gasteiger partial charge < -0.3 is 16.6 Å². The number of urea groups is 1. The van der Waals surface area contributed by atoms with Crippen LogP contribution in [0.3, 0.4) is 0 Å². The number of carbonyl (C=O) groups excluding carboxylic acids is 1. The number of primary amides is 2. The molecule has 58 valence electrons. The molecule has 10 heavy (non-hydrogen) atoms. The van der Waals surface area contributed by atoms with Gasteiger partial charge in [0.15, 0.2) is 0 Å². The van der Waals surface area contributed by atoms with E-state index in [1.807, 2.05) is 0 Å². The number of aliphatic carboxylic acids is 1. The van der Waals surface area contributed by atoms with Crippen molar-refractivity contribution < 1.29 is 14.7 Å². The molecule has 2 amide bonds. The summed E-state index contributed by atoms with van der Waals surface area (Å²) in [7, 11) is 0. The van der Waals surface area contributed by atoms with E-state index in [-0.39, 0.29) is 44.2 Å². The van der Waals surface area contributed by atoms with Crippen LogP contribution in [0.5, 0.6) is 0 Å². The molecular formula is C4H12CaN2O3. The molecule has 0 bridgehead atoms. The number of nitrogens with two attached hydrogens (primary N) is 2. The number of carboxylic acid groups (broad SMARTS) is 1. The Labute approximate surface area is 88.8 Å². The number of hydrogen-bond acceptors (Lipinski definition) is 2. The van der Waals surface area contributed by atoms with Gasteiger partial charge in [0.1, 0.15) is 0 Å². The number of carbonyl (C=O) groups is 2. The first kappa shape index (κ1) is 16.5. The number of amides is 2. The molecule has 0 rings (SSSR count). The van der Waals surface area contributed by atoms with Crippen molar-refractivity contribution in [3.8, 4) is 0 Å². The molecule has 6 heteroatoms. The van der Waals surface area contributed by atoms with E-state index in [0.717, 1.165) is 0 Å². The van der Waals surface area contributed by atoms with Crippen LogP contribution < -0.4 is 11.5 Å².